The fourth-order valence-electron chi connectivity index (χ4n) is 5.81. The van der Waals surface area contributed by atoms with E-state index < -0.39 is 17.7 Å². The molecule has 0 aromatic carbocycles. The maximum Gasteiger partial charge on any atom is 0.166 e. The number of aliphatic hydroxyl groups is 2. The normalized spacial score (nSPS) is 25.1. The summed E-state index contributed by atoms with van der Waals surface area (Å²) in [5.41, 5.74) is 0. The van der Waals surface area contributed by atoms with Crippen molar-refractivity contribution in [3.8, 4) is 0 Å². The van der Waals surface area contributed by atoms with Crippen molar-refractivity contribution in [1.82, 2.24) is 0 Å². The number of hydrogen-bond acceptors (Lipinski definition) is 10. The summed E-state index contributed by atoms with van der Waals surface area (Å²) in [6.07, 6.45) is 17.8. The Morgan fingerprint density at radius 2 is 1.19 bits per heavy atom. The van der Waals surface area contributed by atoms with Gasteiger partial charge in [-0.05, 0) is 40.5 Å². The van der Waals surface area contributed by atoms with Crippen molar-refractivity contribution in [1.29, 1.82) is 0 Å². The van der Waals surface area contributed by atoms with Gasteiger partial charge in [0.15, 0.2) is 11.6 Å². The summed E-state index contributed by atoms with van der Waals surface area (Å²) < 4.78 is 34.4. The van der Waals surface area contributed by atoms with E-state index in [1.54, 1.807) is 13.8 Å². The SMILES string of the molecule is CCCCCCCCC(CO)OCC1COC(C)(CCC(C)=O)O1.CCCCCCCCC(O)COCC1COC(C)(CCC(C)=O)O1. The number of unbranched alkanes of at least 4 members (excludes halogenated alkanes) is 10. The first-order chi connectivity index (χ1) is 22.9. The van der Waals surface area contributed by atoms with Crippen molar-refractivity contribution < 1.29 is 48.2 Å². The van der Waals surface area contributed by atoms with Crippen LogP contribution < -0.4 is 0 Å². The molecule has 0 saturated carbocycles. The molecule has 10 heteroatoms. The van der Waals surface area contributed by atoms with Gasteiger partial charge in [0.2, 0.25) is 0 Å². The van der Waals surface area contributed by atoms with Gasteiger partial charge in [-0.2, -0.15) is 0 Å². The quantitative estimate of drug-likeness (QED) is 0.0812. The standard InChI is InChI=1S/2C19H36O5/c1-4-5-6-7-8-9-10-17(21)13-22-14-18-15-23-19(3,24-18)12-11-16(2)20;1-4-5-6-7-8-9-10-17(13-20)22-14-18-15-23-19(3,24-18)12-11-16(2)21/h17-18,21H,4-15H2,1-3H3;17-18,20H,4-15H2,1-3H3. The molecule has 6 atom stereocenters. The molecule has 0 aromatic heterocycles. The number of aliphatic hydroxyl groups excluding tert-OH is 2. The van der Waals surface area contributed by atoms with Crippen LogP contribution in [-0.2, 0) is 38.0 Å². The first kappa shape index (κ1) is 45.0. The molecule has 2 saturated heterocycles. The van der Waals surface area contributed by atoms with Crippen LogP contribution in [0.5, 0.6) is 0 Å². The van der Waals surface area contributed by atoms with Gasteiger partial charge in [-0.1, -0.05) is 90.9 Å². The number of ether oxygens (including phenoxy) is 6. The average molecular weight is 689 g/mol. The molecule has 0 radical (unpaired) electrons. The van der Waals surface area contributed by atoms with Crippen LogP contribution in [0.4, 0.5) is 0 Å². The van der Waals surface area contributed by atoms with Crippen molar-refractivity contribution >= 4 is 11.6 Å². The molecule has 0 bridgehead atoms. The Bertz CT molecular complexity index is 825. The van der Waals surface area contributed by atoms with E-state index in [2.05, 4.69) is 13.8 Å². The Morgan fingerprint density at radius 1 is 0.729 bits per heavy atom. The molecular formula is C38H72O10. The van der Waals surface area contributed by atoms with E-state index in [1.807, 2.05) is 13.8 Å². The fourth-order valence-corrected chi connectivity index (χ4v) is 5.81. The van der Waals surface area contributed by atoms with Crippen molar-refractivity contribution in [3.63, 3.8) is 0 Å². The lowest BCUT2D eigenvalue weighted by molar-refractivity contribution is -0.169. The zero-order valence-electron chi connectivity index (χ0n) is 31.4. The smallest absolute Gasteiger partial charge is 0.166 e. The van der Waals surface area contributed by atoms with E-state index in [1.165, 1.54) is 64.2 Å². The van der Waals surface area contributed by atoms with Crippen LogP contribution in [0.3, 0.4) is 0 Å². The monoisotopic (exact) mass is 689 g/mol. The first-order valence-electron chi connectivity index (χ1n) is 19.0. The van der Waals surface area contributed by atoms with Gasteiger partial charge in [-0.3, -0.25) is 0 Å². The van der Waals surface area contributed by atoms with Gasteiger partial charge in [0, 0.05) is 25.7 Å². The molecule has 2 aliphatic heterocycles. The van der Waals surface area contributed by atoms with Gasteiger partial charge < -0.3 is 48.2 Å². The van der Waals surface area contributed by atoms with Crippen LogP contribution in [0.25, 0.3) is 0 Å². The second kappa shape index (κ2) is 26.8. The second-order valence-electron chi connectivity index (χ2n) is 14.2. The first-order valence-corrected chi connectivity index (χ1v) is 19.0. The number of rotatable bonds is 28. The number of Topliss-reactive ketones (excluding diaryl/α,β-unsaturated/α-hetero) is 2. The Kier molecular flexibility index (Phi) is 25.1. The van der Waals surface area contributed by atoms with E-state index in [9.17, 15) is 19.8 Å². The molecule has 2 N–H and O–H groups in total. The summed E-state index contributed by atoms with van der Waals surface area (Å²) in [5.74, 6) is -1.09. The van der Waals surface area contributed by atoms with Crippen LogP contribution in [0.2, 0.25) is 0 Å². The minimum Gasteiger partial charge on any atom is -0.394 e. The number of carbonyl (C=O) groups excluding carboxylic acids is 2. The Hall–Kier alpha value is -0.980. The maximum atomic E-state index is 11.1. The molecule has 0 aromatic rings. The molecule has 2 rings (SSSR count). The van der Waals surface area contributed by atoms with Gasteiger partial charge in [0.25, 0.3) is 0 Å². The molecule has 0 amide bonds. The summed E-state index contributed by atoms with van der Waals surface area (Å²) >= 11 is 0. The van der Waals surface area contributed by atoms with Gasteiger partial charge in [-0.25, -0.2) is 0 Å². The van der Waals surface area contributed by atoms with E-state index in [0.29, 0.717) is 58.7 Å². The Labute approximate surface area is 292 Å². The molecule has 2 heterocycles. The van der Waals surface area contributed by atoms with Crippen molar-refractivity contribution in [2.75, 3.05) is 39.6 Å². The van der Waals surface area contributed by atoms with Gasteiger partial charge in [0.1, 0.15) is 23.8 Å². The molecule has 2 aliphatic rings. The van der Waals surface area contributed by atoms with E-state index in [4.69, 9.17) is 28.4 Å². The predicted molar refractivity (Wildman–Crippen MR) is 188 cm³/mol. The van der Waals surface area contributed by atoms with Gasteiger partial charge in [-0.15, -0.1) is 0 Å². The van der Waals surface area contributed by atoms with Crippen molar-refractivity contribution in [3.05, 3.63) is 0 Å². The van der Waals surface area contributed by atoms with Crippen LogP contribution in [0, 0.1) is 0 Å². The molecule has 48 heavy (non-hydrogen) atoms. The van der Waals surface area contributed by atoms with Crippen LogP contribution in [0.1, 0.15) is 157 Å². The lowest BCUT2D eigenvalue weighted by Crippen LogP contribution is -2.30. The molecule has 10 nitrogen and oxygen atoms in total. The van der Waals surface area contributed by atoms with Gasteiger partial charge in [0.05, 0.1) is 51.8 Å². The fraction of sp³-hybridized carbons (Fsp3) is 0.947. The number of carbonyl (C=O) groups is 2. The summed E-state index contributed by atoms with van der Waals surface area (Å²) in [4.78, 5) is 22.2. The highest BCUT2D eigenvalue weighted by atomic mass is 16.8. The highest BCUT2D eigenvalue weighted by molar-refractivity contribution is 5.75. The molecule has 2 fully saturated rings. The van der Waals surface area contributed by atoms with Crippen molar-refractivity contribution in [2.45, 2.75) is 193 Å². The van der Waals surface area contributed by atoms with E-state index >= 15 is 0 Å². The average Bonchev–Trinajstić information content (AvgIpc) is 3.62. The number of hydrogen-bond donors (Lipinski definition) is 2. The molecule has 0 spiro atoms. The summed E-state index contributed by atoms with van der Waals surface area (Å²) in [5, 5.41) is 19.4. The predicted octanol–water partition coefficient (Wildman–Crippen LogP) is 7.23. The molecular weight excluding hydrogens is 616 g/mol. The highest BCUT2D eigenvalue weighted by Crippen LogP contribution is 2.29. The zero-order valence-corrected chi connectivity index (χ0v) is 31.4. The maximum absolute atomic E-state index is 11.1. The second-order valence-corrected chi connectivity index (χ2v) is 14.2. The zero-order chi connectivity index (χ0) is 35.7. The van der Waals surface area contributed by atoms with Crippen molar-refractivity contribution in [2.24, 2.45) is 0 Å². The summed E-state index contributed by atoms with van der Waals surface area (Å²) in [6.45, 7) is 13.5. The van der Waals surface area contributed by atoms with Gasteiger partial charge >= 0.3 is 0 Å². The van der Waals surface area contributed by atoms with E-state index in [-0.39, 0.29) is 36.5 Å². The third kappa shape index (κ3) is 22.7. The Balaban J connectivity index is 0.000000480. The Morgan fingerprint density at radius 3 is 1.67 bits per heavy atom. The minimum atomic E-state index is -0.687. The molecule has 6 unspecified atom stereocenters. The largest absolute Gasteiger partial charge is 0.394 e. The summed E-state index contributed by atoms with van der Waals surface area (Å²) in [6, 6.07) is 0. The summed E-state index contributed by atoms with van der Waals surface area (Å²) in [7, 11) is 0. The van der Waals surface area contributed by atoms with Crippen LogP contribution in [0.15, 0.2) is 0 Å². The minimum absolute atomic E-state index is 0.0458. The third-order valence-corrected chi connectivity index (χ3v) is 8.95. The third-order valence-electron chi connectivity index (χ3n) is 8.95. The van der Waals surface area contributed by atoms with Crippen LogP contribution >= 0.6 is 0 Å². The number of ketones is 2. The van der Waals surface area contributed by atoms with E-state index in [0.717, 1.165) is 25.7 Å². The lowest BCUT2D eigenvalue weighted by atomic mass is 10.1. The molecule has 0 aliphatic carbocycles. The lowest BCUT2D eigenvalue weighted by Gasteiger charge is -2.23. The molecule has 284 valence electrons. The van der Waals surface area contributed by atoms with Crippen LogP contribution in [-0.4, -0.2) is 97.4 Å². The topological polar surface area (TPSA) is 130 Å². The highest BCUT2D eigenvalue weighted by Gasteiger charge is 2.38.